The number of phenols is 1. The first-order chi connectivity index (χ1) is 8.67. The van der Waals surface area contributed by atoms with Crippen LogP contribution < -0.4 is 0 Å². The number of carbonyl (C=O) groups excluding carboxylic acids is 1. The van der Waals surface area contributed by atoms with Crippen LogP contribution in [0, 0.1) is 0 Å². The predicted molar refractivity (Wildman–Crippen MR) is 75.8 cm³/mol. The third-order valence-electron chi connectivity index (χ3n) is 2.23. The zero-order valence-electron chi connectivity index (χ0n) is 10.2. The normalized spacial score (nSPS) is 9.78. The number of phenolic OH excluding ortho intramolecular Hbond substituents is 1. The van der Waals surface area contributed by atoms with Crippen LogP contribution >= 0.6 is 11.8 Å². The molecule has 0 aliphatic carbocycles. The molecule has 0 atom stereocenters. The molecular weight excluding hydrogens is 246 g/mol. The molecule has 1 amide bonds. The van der Waals surface area contributed by atoms with Gasteiger partial charge in [-0.25, -0.2) is 0 Å². The van der Waals surface area contributed by atoms with Crippen molar-refractivity contribution < 1.29 is 9.90 Å². The molecular formula is C14H17NO2S. The van der Waals surface area contributed by atoms with E-state index >= 15 is 0 Å². The lowest BCUT2D eigenvalue weighted by Gasteiger charge is -2.18. The number of amides is 1. The van der Waals surface area contributed by atoms with E-state index in [0.717, 1.165) is 4.90 Å². The maximum atomic E-state index is 11.9. The van der Waals surface area contributed by atoms with E-state index in [2.05, 4.69) is 13.2 Å². The molecule has 0 fully saturated rings. The van der Waals surface area contributed by atoms with Gasteiger partial charge in [0.05, 0.1) is 5.75 Å². The van der Waals surface area contributed by atoms with Crippen LogP contribution in [0.3, 0.4) is 0 Å². The molecule has 1 aromatic rings. The first-order valence-electron chi connectivity index (χ1n) is 5.58. The van der Waals surface area contributed by atoms with Crippen LogP contribution in [0.5, 0.6) is 5.75 Å². The fourth-order valence-electron chi connectivity index (χ4n) is 1.40. The average molecular weight is 263 g/mol. The maximum absolute atomic E-state index is 11.9. The molecule has 0 heterocycles. The summed E-state index contributed by atoms with van der Waals surface area (Å²) >= 11 is 1.40. The molecule has 96 valence electrons. The van der Waals surface area contributed by atoms with Gasteiger partial charge in [0.15, 0.2) is 0 Å². The topological polar surface area (TPSA) is 40.5 Å². The Morgan fingerprint density at radius 2 is 2.00 bits per heavy atom. The molecule has 3 nitrogen and oxygen atoms in total. The average Bonchev–Trinajstić information content (AvgIpc) is 2.36. The van der Waals surface area contributed by atoms with Gasteiger partial charge in [-0.3, -0.25) is 4.79 Å². The third-order valence-corrected chi connectivity index (χ3v) is 3.21. The molecule has 0 spiro atoms. The molecule has 0 aromatic heterocycles. The van der Waals surface area contributed by atoms with E-state index in [1.54, 1.807) is 35.3 Å². The number of aromatic hydroxyl groups is 1. The van der Waals surface area contributed by atoms with E-state index < -0.39 is 0 Å². The van der Waals surface area contributed by atoms with Crippen LogP contribution in [0.1, 0.15) is 0 Å². The van der Waals surface area contributed by atoms with Crippen molar-refractivity contribution in [3.05, 3.63) is 49.6 Å². The standard InChI is InChI=1S/C14H17NO2S/c1-3-8-15(9-4-2)14(17)11-18-13-7-5-6-12(16)10-13/h3-7,10,16H,1-2,8-9,11H2. The lowest BCUT2D eigenvalue weighted by atomic mass is 10.3. The van der Waals surface area contributed by atoms with Crippen molar-refractivity contribution >= 4 is 17.7 Å². The minimum absolute atomic E-state index is 0.0307. The number of hydrogen-bond donors (Lipinski definition) is 1. The molecule has 4 heteroatoms. The number of hydrogen-bond acceptors (Lipinski definition) is 3. The Labute approximate surface area is 112 Å². The number of rotatable bonds is 7. The highest BCUT2D eigenvalue weighted by Crippen LogP contribution is 2.22. The SMILES string of the molecule is C=CCN(CC=C)C(=O)CSc1cccc(O)c1. The van der Waals surface area contributed by atoms with Crippen LogP contribution in [0.2, 0.25) is 0 Å². The van der Waals surface area contributed by atoms with Gasteiger partial charge < -0.3 is 10.0 Å². The zero-order chi connectivity index (χ0) is 13.4. The molecule has 1 rings (SSSR count). The van der Waals surface area contributed by atoms with Crippen molar-refractivity contribution in [1.82, 2.24) is 4.90 Å². The third kappa shape index (κ3) is 4.67. The van der Waals surface area contributed by atoms with Gasteiger partial charge in [-0.05, 0) is 18.2 Å². The highest BCUT2D eigenvalue weighted by Gasteiger charge is 2.10. The van der Waals surface area contributed by atoms with Gasteiger partial charge >= 0.3 is 0 Å². The van der Waals surface area contributed by atoms with Gasteiger partial charge in [0, 0.05) is 18.0 Å². The molecule has 0 bridgehead atoms. The van der Waals surface area contributed by atoms with Gasteiger partial charge in [0.1, 0.15) is 5.75 Å². The second-order valence-corrected chi connectivity index (χ2v) is 4.71. The number of nitrogens with zero attached hydrogens (tertiary/aromatic N) is 1. The van der Waals surface area contributed by atoms with E-state index in [9.17, 15) is 9.90 Å². The molecule has 0 saturated carbocycles. The first kappa shape index (κ1) is 14.4. The molecule has 1 aromatic carbocycles. The fourth-order valence-corrected chi connectivity index (χ4v) is 2.25. The minimum atomic E-state index is 0.0307. The largest absolute Gasteiger partial charge is 0.508 e. The monoisotopic (exact) mass is 263 g/mol. The van der Waals surface area contributed by atoms with Crippen LogP contribution in [0.15, 0.2) is 54.5 Å². The van der Waals surface area contributed by atoms with Crippen molar-refractivity contribution in [1.29, 1.82) is 0 Å². The summed E-state index contributed by atoms with van der Waals surface area (Å²) < 4.78 is 0. The van der Waals surface area contributed by atoms with E-state index in [-0.39, 0.29) is 11.7 Å². The lowest BCUT2D eigenvalue weighted by molar-refractivity contribution is -0.127. The van der Waals surface area contributed by atoms with E-state index in [1.807, 2.05) is 6.07 Å². The molecule has 0 saturated heterocycles. The van der Waals surface area contributed by atoms with Gasteiger partial charge in [0.2, 0.25) is 5.91 Å². The summed E-state index contributed by atoms with van der Waals surface area (Å²) in [6.45, 7) is 8.29. The summed E-state index contributed by atoms with van der Waals surface area (Å²) in [6.07, 6.45) is 3.39. The van der Waals surface area contributed by atoms with Crippen molar-refractivity contribution in [2.45, 2.75) is 4.90 Å². The second kappa shape index (κ2) is 7.61. The Bertz CT molecular complexity index is 422. The Balaban J connectivity index is 2.53. The number of carbonyl (C=O) groups is 1. The Morgan fingerprint density at radius 3 is 2.56 bits per heavy atom. The molecule has 18 heavy (non-hydrogen) atoms. The minimum Gasteiger partial charge on any atom is -0.508 e. The summed E-state index contributed by atoms with van der Waals surface area (Å²) in [5, 5.41) is 9.32. The van der Waals surface area contributed by atoms with Gasteiger partial charge in [-0.15, -0.1) is 24.9 Å². The van der Waals surface area contributed by atoms with Crippen LogP contribution in [0.4, 0.5) is 0 Å². The van der Waals surface area contributed by atoms with Gasteiger partial charge in [0.25, 0.3) is 0 Å². The molecule has 0 unspecified atom stereocenters. The number of benzene rings is 1. The lowest BCUT2D eigenvalue weighted by Crippen LogP contribution is -2.32. The van der Waals surface area contributed by atoms with Crippen LogP contribution in [-0.4, -0.2) is 34.8 Å². The van der Waals surface area contributed by atoms with Gasteiger partial charge in [-0.2, -0.15) is 0 Å². The summed E-state index contributed by atoms with van der Waals surface area (Å²) in [7, 11) is 0. The van der Waals surface area contributed by atoms with Crippen LogP contribution in [0.25, 0.3) is 0 Å². The Hall–Kier alpha value is -1.68. The van der Waals surface area contributed by atoms with E-state index in [1.165, 1.54) is 11.8 Å². The van der Waals surface area contributed by atoms with Crippen molar-refractivity contribution in [2.75, 3.05) is 18.8 Å². The molecule has 1 N–H and O–H groups in total. The highest BCUT2D eigenvalue weighted by atomic mass is 32.2. The Morgan fingerprint density at radius 1 is 1.33 bits per heavy atom. The summed E-state index contributed by atoms with van der Waals surface area (Å²) in [5.41, 5.74) is 0. The quantitative estimate of drug-likeness (QED) is 0.607. The highest BCUT2D eigenvalue weighted by molar-refractivity contribution is 8.00. The van der Waals surface area contributed by atoms with Crippen molar-refractivity contribution in [3.63, 3.8) is 0 Å². The maximum Gasteiger partial charge on any atom is 0.233 e. The van der Waals surface area contributed by atoms with Crippen molar-refractivity contribution in [3.8, 4) is 5.75 Å². The van der Waals surface area contributed by atoms with Crippen LogP contribution in [-0.2, 0) is 4.79 Å². The summed E-state index contributed by atoms with van der Waals surface area (Å²) in [5.74, 6) is 0.579. The summed E-state index contributed by atoms with van der Waals surface area (Å²) in [4.78, 5) is 14.5. The predicted octanol–water partition coefficient (Wildman–Crippen LogP) is 2.68. The second-order valence-electron chi connectivity index (χ2n) is 3.66. The van der Waals surface area contributed by atoms with Crippen molar-refractivity contribution in [2.24, 2.45) is 0 Å². The first-order valence-corrected chi connectivity index (χ1v) is 6.57. The van der Waals surface area contributed by atoms with Gasteiger partial charge in [-0.1, -0.05) is 18.2 Å². The summed E-state index contributed by atoms with van der Waals surface area (Å²) in [6, 6.07) is 6.87. The Kier molecular flexibility index (Phi) is 6.08. The smallest absolute Gasteiger partial charge is 0.233 e. The van der Waals surface area contributed by atoms with E-state index in [0.29, 0.717) is 18.8 Å². The fraction of sp³-hybridized carbons (Fsp3) is 0.214. The van der Waals surface area contributed by atoms with E-state index in [4.69, 9.17) is 0 Å². The molecule has 0 radical (unpaired) electrons. The molecule has 0 aliphatic heterocycles. The number of thioether (sulfide) groups is 1. The zero-order valence-corrected chi connectivity index (χ0v) is 11.0. The molecule has 0 aliphatic rings.